The first-order valence-corrected chi connectivity index (χ1v) is 9.48. The highest BCUT2D eigenvalue weighted by Gasteiger charge is 2.39. The predicted molar refractivity (Wildman–Crippen MR) is 106 cm³/mol. The molecule has 0 saturated carbocycles. The van der Waals surface area contributed by atoms with Crippen LogP contribution in [0.15, 0.2) is 55.0 Å². The molecule has 7 heteroatoms. The Kier molecular flexibility index (Phi) is 5.17. The molecule has 0 saturated heterocycles. The summed E-state index contributed by atoms with van der Waals surface area (Å²) in [7, 11) is 0. The summed E-state index contributed by atoms with van der Waals surface area (Å²) < 4.78 is 39.2. The molecule has 0 unspecified atom stereocenters. The minimum atomic E-state index is -5.01. The monoisotopic (exact) mass is 406 g/mol. The predicted octanol–water partition coefficient (Wildman–Crippen LogP) is 6.58. The van der Waals surface area contributed by atoms with E-state index < -0.39 is 24.2 Å². The second-order valence-corrected chi connectivity index (χ2v) is 7.69. The van der Waals surface area contributed by atoms with Crippen LogP contribution in [0.25, 0.3) is 25.7 Å². The fourth-order valence-electron chi connectivity index (χ4n) is 2.72. The van der Waals surface area contributed by atoms with Crippen molar-refractivity contribution >= 4 is 60.0 Å². The molecular weight excluding hydrogens is 393 g/mol. The summed E-state index contributed by atoms with van der Waals surface area (Å²) in [5.41, 5.74) is 1.61. The molecule has 0 spiro atoms. The van der Waals surface area contributed by atoms with Crippen LogP contribution in [0.3, 0.4) is 0 Å². The zero-order chi connectivity index (χ0) is 19.8. The van der Waals surface area contributed by atoms with Gasteiger partial charge in [-0.05, 0) is 29.2 Å². The van der Waals surface area contributed by atoms with Crippen LogP contribution in [-0.2, 0) is 4.79 Å². The summed E-state index contributed by atoms with van der Waals surface area (Å²) >= 11 is 2.61. The van der Waals surface area contributed by atoms with Crippen LogP contribution in [0.2, 0.25) is 0 Å². The highest BCUT2D eigenvalue weighted by molar-refractivity contribution is 7.22. The van der Waals surface area contributed by atoms with Crippen LogP contribution < -0.4 is 0 Å². The van der Waals surface area contributed by atoms with Crippen molar-refractivity contribution in [1.82, 2.24) is 0 Å². The van der Waals surface area contributed by atoms with E-state index in [-0.39, 0.29) is 4.88 Å². The molecule has 3 aromatic rings. The summed E-state index contributed by atoms with van der Waals surface area (Å²) in [5, 5.41) is 3.59. The van der Waals surface area contributed by atoms with Crippen LogP contribution in [0, 0.1) is 0 Å². The van der Waals surface area contributed by atoms with Gasteiger partial charge in [0, 0.05) is 25.7 Å². The van der Waals surface area contributed by atoms with Gasteiger partial charge in [0.05, 0.1) is 11.3 Å². The Labute approximate surface area is 160 Å². The zero-order valence-electron chi connectivity index (χ0n) is 13.9. The normalized spacial score (nSPS) is 12.5. The standard InChI is InChI=1S/C20H13F3O2S2/c1-3-5-11(4-2)13-8-16-12(6-7-26-16)14-9-17(27-19(13)14)15(24)10-18(25)20(21,22)23/h3-9H,1-2,10H2/b11-5+. The van der Waals surface area contributed by atoms with Gasteiger partial charge in [-0.15, -0.1) is 22.7 Å². The summed E-state index contributed by atoms with van der Waals surface area (Å²) in [5.74, 6) is -2.87. The summed E-state index contributed by atoms with van der Waals surface area (Å²) in [6, 6.07) is 5.43. The van der Waals surface area contributed by atoms with Crippen molar-refractivity contribution in [2.75, 3.05) is 0 Å². The number of benzene rings is 1. The number of hydrogen-bond acceptors (Lipinski definition) is 4. The number of hydrogen-bond donors (Lipinski definition) is 0. The maximum Gasteiger partial charge on any atom is 0.450 e. The topological polar surface area (TPSA) is 34.1 Å². The number of Topliss-reactive ketones (excluding diaryl/α,β-unsaturated/α-hetero) is 2. The van der Waals surface area contributed by atoms with Gasteiger partial charge in [0.1, 0.15) is 0 Å². The highest BCUT2D eigenvalue weighted by Crippen LogP contribution is 2.40. The molecule has 0 fully saturated rings. The Hall–Kier alpha value is -2.51. The average Bonchev–Trinajstić information content (AvgIpc) is 3.24. The van der Waals surface area contributed by atoms with E-state index in [1.807, 2.05) is 17.5 Å². The molecule has 0 aliphatic carbocycles. The third-order valence-corrected chi connectivity index (χ3v) is 6.05. The van der Waals surface area contributed by atoms with Crippen LogP contribution in [0.4, 0.5) is 13.2 Å². The van der Waals surface area contributed by atoms with E-state index in [1.165, 1.54) is 11.3 Å². The zero-order valence-corrected chi connectivity index (χ0v) is 15.6. The summed E-state index contributed by atoms with van der Waals surface area (Å²) in [6.45, 7) is 7.47. The van der Waals surface area contributed by atoms with Crippen LogP contribution in [0.5, 0.6) is 0 Å². The quantitative estimate of drug-likeness (QED) is 0.263. The first-order valence-electron chi connectivity index (χ1n) is 7.78. The van der Waals surface area contributed by atoms with Crippen LogP contribution in [-0.4, -0.2) is 17.7 Å². The molecule has 2 nitrogen and oxygen atoms in total. The van der Waals surface area contributed by atoms with E-state index in [9.17, 15) is 22.8 Å². The SMILES string of the molecule is C=C/C=C(\C=C)c1cc2sccc2c2cc(C(=O)CC(=O)C(F)(F)F)sc12. The van der Waals surface area contributed by atoms with E-state index in [0.717, 1.165) is 42.6 Å². The number of alkyl halides is 3. The third kappa shape index (κ3) is 3.65. The number of carbonyl (C=O) groups excluding carboxylic acids is 2. The molecule has 1 aromatic carbocycles. The molecule has 0 N–H and O–H groups in total. The maximum atomic E-state index is 12.5. The number of halogens is 3. The van der Waals surface area contributed by atoms with Gasteiger partial charge in [-0.1, -0.05) is 31.4 Å². The van der Waals surface area contributed by atoms with Gasteiger partial charge >= 0.3 is 6.18 Å². The second kappa shape index (κ2) is 7.25. The van der Waals surface area contributed by atoms with Gasteiger partial charge in [-0.3, -0.25) is 9.59 Å². The number of ketones is 2. The van der Waals surface area contributed by atoms with E-state index in [0.29, 0.717) is 0 Å². The third-order valence-electron chi connectivity index (χ3n) is 3.98. The molecule has 27 heavy (non-hydrogen) atoms. The first-order chi connectivity index (χ1) is 12.8. The number of fused-ring (bicyclic) bond motifs is 3. The number of rotatable bonds is 6. The van der Waals surface area contributed by atoms with Gasteiger partial charge in [-0.2, -0.15) is 13.2 Å². The number of thiophene rings is 2. The van der Waals surface area contributed by atoms with Gasteiger partial charge in [0.2, 0.25) is 5.78 Å². The van der Waals surface area contributed by atoms with Crippen molar-refractivity contribution < 1.29 is 22.8 Å². The molecule has 0 aliphatic rings. The Balaban J connectivity index is 2.17. The molecule has 0 radical (unpaired) electrons. The lowest BCUT2D eigenvalue weighted by Gasteiger charge is -2.05. The van der Waals surface area contributed by atoms with Crippen molar-refractivity contribution in [1.29, 1.82) is 0 Å². The van der Waals surface area contributed by atoms with Crippen molar-refractivity contribution in [2.24, 2.45) is 0 Å². The second-order valence-electron chi connectivity index (χ2n) is 5.69. The smallest absolute Gasteiger partial charge is 0.293 e. The molecule has 138 valence electrons. The number of allylic oxidation sites excluding steroid dienone is 4. The van der Waals surface area contributed by atoms with E-state index in [4.69, 9.17) is 0 Å². The molecule has 2 heterocycles. The van der Waals surface area contributed by atoms with E-state index in [2.05, 4.69) is 13.2 Å². The maximum absolute atomic E-state index is 12.5. The Morgan fingerprint density at radius 1 is 1.15 bits per heavy atom. The van der Waals surface area contributed by atoms with Crippen molar-refractivity contribution in [3.63, 3.8) is 0 Å². The molecule has 0 amide bonds. The Bertz CT molecular complexity index is 1110. The Morgan fingerprint density at radius 3 is 2.52 bits per heavy atom. The molecule has 2 aromatic heterocycles. The fourth-order valence-corrected chi connectivity index (χ4v) is 4.71. The molecular formula is C20H13F3O2S2. The van der Waals surface area contributed by atoms with Gasteiger partial charge in [0.25, 0.3) is 0 Å². The van der Waals surface area contributed by atoms with Crippen molar-refractivity contribution in [3.8, 4) is 0 Å². The van der Waals surface area contributed by atoms with Gasteiger partial charge in [0.15, 0.2) is 5.78 Å². The highest BCUT2D eigenvalue weighted by atomic mass is 32.1. The number of carbonyl (C=O) groups is 2. The molecule has 0 aliphatic heterocycles. The van der Waals surface area contributed by atoms with Gasteiger partial charge in [-0.25, -0.2) is 0 Å². The van der Waals surface area contributed by atoms with Crippen molar-refractivity contribution in [3.05, 3.63) is 65.4 Å². The van der Waals surface area contributed by atoms with Crippen LogP contribution in [0.1, 0.15) is 21.7 Å². The minimum Gasteiger partial charge on any atom is -0.293 e. The fraction of sp³-hybridized carbons (Fsp3) is 0.100. The van der Waals surface area contributed by atoms with Crippen LogP contribution >= 0.6 is 22.7 Å². The lowest BCUT2D eigenvalue weighted by Crippen LogP contribution is -2.25. The molecule has 0 bridgehead atoms. The van der Waals surface area contributed by atoms with Gasteiger partial charge < -0.3 is 0 Å². The minimum absolute atomic E-state index is 0.129. The average molecular weight is 406 g/mol. The van der Waals surface area contributed by atoms with E-state index in [1.54, 1.807) is 24.3 Å². The molecule has 3 rings (SSSR count). The lowest BCUT2D eigenvalue weighted by atomic mass is 10.0. The largest absolute Gasteiger partial charge is 0.450 e. The molecule has 0 atom stereocenters. The summed E-state index contributed by atoms with van der Waals surface area (Å²) in [4.78, 5) is 23.6. The first kappa shape index (κ1) is 19.3. The Morgan fingerprint density at radius 2 is 1.89 bits per heavy atom. The summed E-state index contributed by atoms with van der Waals surface area (Å²) in [6.07, 6.45) is -1.15. The van der Waals surface area contributed by atoms with Crippen molar-refractivity contribution in [2.45, 2.75) is 12.6 Å². The van der Waals surface area contributed by atoms with E-state index >= 15 is 0 Å². The lowest BCUT2D eigenvalue weighted by molar-refractivity contribution is -0.170.